The van der Waals surface area contributed by atoms with Crippen LogP contribution in [-0.4, -0.2) is 40.2 Å². The molecule has 4 nitrogen and oxygen atoms in total. The molecule has 0 aromatic heterocycles. The maximum Gasteiger partial charge on any atom is 0.234 e. The minimum atomic E-state index is -0.312. The largest absolute Gasteiger partial charge is 0.392 e. The van der Waals surface area contributed by atoms with Crippen molar-refractivity contribution >= 4 is 17.7 Å². The van der Waals surface area contributed by atoms with Gasteiger partial charge in [-0.3, -0.25) is 4.79 Å². The van der Waals surface area contributed by atoms with Gasteiger partial charge in [0.25, 0.3) is 0 Å². The zero-order valence-corrected chi connectivity index (χ0v) is 10.8. The Bertz CT molecular complexity index is 232. The summed E-state index contributed by atoms with van der Waals surface area (Å²) in [5, 5.41) is 12.8. The van der Waals surface area contributed by atoms with Gasteiger partial charge in [-0.05, 0) is 31.9 Å². The van der Waals surface area contributed by atoms with Gasteiger partial charge in [0.2, 0.25) is 5.91 Å². The average molecular weight is 246 g/mol. The van der Waals surface area contributed by atoms with Crippen molar-refractivity contribution in [3.05, 3.63) is 0 Å². The van der Waals surface area contributed by atoms with Gasteiger partial charge in [-0.25, -0.2) is 0 Å². The zero-order valence-electron chi connectivity index (χ0n) is 9.98. The molecule has 0 radical (unpaired) electrons. The van der Waals surface area contributed by atoms with Crippen molar-refractivity contribution in [3.63, 3.8) is 0 Å². The minimum Gasteiger partial charge on any atom is -0.392 e. The molecule has 4 N–H and O–H groups in total. The van der Waals surface area contributed by atoms with Crippen molar-refractivity contribution in [2.45, 2.75) is 56.5 Å². The van der Waals surface area contributed by atoms with E-state index in [0.29, 0.717) is 6.04 Å². The van der Waals surface area contributed by atoms with Gasteiger partial charge in [0.1, 0.15) is 0 Å². The van der Waals surface area contributed by atoms with Crippen molar-refractivity contribution in [2.24, 2.45) is 5.73 Å². The van der Waals surface area contributed by atoms with E-state index in [4.69, 9.17) is 5.73 Å². The van der Waals surface area contributed by atoms with Crippen LogP contribution in [0.25, 0.3) is 0 Å². The predicted octanol–water partition coefficient (Wildman–Crippen LogP) is 0.485. The summed E-state index contributed by atoms with van der Waals surface area (Å²) in [6.45, 7) is 3.77. The molecule has 1 saturated carbocycles. The molecule has 0 spiro atoms. The number of amides is 1. The lowest BCUT2D eigenvalue weighted by molar-refractivity contribution is -0.120. The number of nitrogens with one attached hydrogen (secondary N) is 1. The molecule has 0 aromatic carbocycles. The minimum absolute atomic E-state index is 0.203. The van der Waals surface area contributed by atoms with Crippen LogP contribution in [0.2, 0.25) is 0 Å². The highest BCUT2D eigenvalue weighted by atomic mass is 32.2. The molecule has 1 aliphatic rings. The lowest BCUT2D eigenvalue weighted by atomic mass is 10.2. The van der Waals surface area contributed by atoms with Crippen LogP contribution in [-0.2, 0) is 4.79 Å². The number of primary amides is 1. The van der Waals surface area contributed by atoms with Gasteiger partial charge >= 0.3 is 0 Å². The number of thioether (sulfide) groups is 1. The van der Waals surface area contributed by atoms with Gasteiger partial charge < -0.3 is 16.2 Å². The van der Waals surface area contributed by atoms with Gasteiger partial charge in [-0.15, -0.1) is 0 Å². The van der Waals surface area contributed by atoms with Crippen molar-refractivity contribution in [2.75, 3.05) is 5.75 Å². The second kappa shape index (κ2) is 6.47. The first-order chi connectivity index (χ1) is 7.50. The van der Waals surface area contributed by atoms with Crippen molar-refractivity contribution in [1.29, 1.82) is 0 Å². The lowest BCUT2D eigenvalue weighted by Gasteiger charge is -2.17. The second-order valence-electron chi connectivity index (χ2n) is 4.50. The van der Waals surface area contributed by atoms with Crippen LogP contribution in [0.4, 0.5) is 0 Å². The molecule has 0 heterocycles. The highest BCUT2D eigenvalue weighted by Gasteiger charge is 2.27. The molecule has 0 aliphatic heterocycles. The van der Waals surface area contributed by atoms with E-state index >= 15 is 0 Å². The monoisotopic (exact) mass is 246 g/mol. The van der Waals surface area contributed by atoms with E-state index in [-0.39, 0.29) is 23.3 Å². The van der Waals surface area contributed by atoms with Crippen LogP contribution in [0, 0.1) is 0 Å². The van der Waals surface area contributed by atoms with Gasteiger partial charge in [0.05, 0.1) is 12.1 Å². The number of rotatable bonds is 8. The van der Waals surface area contributed by atoms with Crippen LogP contribution < -0.4 is 11.1 Å². The molecule has 0 aromatic rings. The van der Waals surface area contributed by atoms with Crippen molar-refractivity contribution in [1.82, 2.24) is 5.32 Å². The van der Waals surface area contributed by atoms with E-state index in [2.05, 4.69) is 5.32 Å². The van der Waals surface area contributed by atoms with Gasteiger partial charge in [0, 0.05) is 11.3 Å². The molecule has 3 atom stereocenters. The summed E-state index contributed by atoms with van der Waals surface area (Å²) in [7, 11) is 0. The summed E-state index contributed by atoms with van der Waals surface area (Å²) in [5.74, 6) is 0.580. The number of aliphatic hydroxyl groups is 1. The Morgan fingerprint density at radius 1 is 1.56 bits per heavy atom. The number of aliphatic hydroxyl groups excluding tert-OH is 1. The Morgan fingerprint density at radius 2 is 2.19 bits per heavy atom. The summed E-state index contributed by atoms with van der Waals surface area (Å²) in [4.78, 5) is 11.2. The van der Waals surface area contributed by atoms with E-state index in [0.717, 1.165) is 25.0 Å². The maximum atomic E-state index is 11.2. The lowest BCUT2D eigenvalue weighted by Crippen LogP contribution is -2.42. The third kappa shape index (κ3) is 5.18. The molecule has 1 aliphatic carbocycles. The second-order valence-corrected chi connectivity index (χ2v) is 5.99. The van der Waals surface area contributed by atoms with Crippen LogP contribution in [0.15, 0.2) is 0 Å². The fraction of sp³-hybridized carbons (Fsp3) is 0.909. The van der Waals surface area contributed by atoms with E-state index in [1.54, 1.807) is 18.7 Å². The van der Waals surface area contributed by atoms with Gasteiger partial charge in [0.15, 0.2) is 0 Å². The molecule has 5 heteroatoms. The molecule has 16 heavy (non-hydrogen) atoms. The molecule has 3 unspecified atom stereocenters. The Hall–Kier alpha value is -0.260. The summed E-state index contributed by atoms with van der Waals surface area (Å²) >= 11 is 1.68. The van der Waals surface area contributed by atoms with E-state index < -0.39 is 0 Å². The number of nitrogens with two attached hydrogens (primary N) is 1. The molecule has 94 valence electrons. The van der Waals surface area contributed by atoms with E-state index in [9.17, 15) is 9.90 Å². The normalized spacial score (nSPS) is 21.4. The summed E-state index contributed by atoms with van der Waals surface area (Å²) < 4.78 is 0. The topological polar surface area (TPSA) is 75.3 Å². The third-order valence-electron chi connectivity index (χ3n) is 2.82. The van der Waals surface area contributed by atoms with Crippen molar-refractivity contribution < 1.29 is 9.90 Å². The van der Waals surface area contributed by atoms with Crippen molar-refractivity contribution in [3.8, 4) is 0 Å². The molecular weight excluding hydrogens is 224 g/mol. The fourth-order valence-electron chi connectivity index (χ4n) is 1.35. The zero-order chi connectivity index (χ0) is 12.1. The standard InChI is InChI=1S/C11H22N2O2S/c1-7(14)8(2)16-6-5-10(11(12)15)13-9-3-4-9/h7-10,13-14H,3-6H2,1-2H3,(H2,12,15). The average Bonchev–Trinajstić information content (AvgIpc) is 2.99. The molecule has 1 fully saturated rings. The summed E-state index contributed by atoms with van der Waals surface area (Å²) in [5.41, 5.74) is 5.33. The highest BCUT2D eigenvalue weighted by molar-refractivity contribution is 7.99. The van der Waals surface area contributed by atoms with Crippen LogP contribution in [0.3, 0.4) is 0 Å². The van der Waals surface area contributed by atoms with E-state index in [1.165, 1.54) is 0 Å². The Kier molecular flexibility index (Phi) is 5.58. The first-order valence-corrected chi connectivity index (χ1v) is 6.90. The van der Waals surface area contributed by atoms with Crippen LogP contribution >= 0.6 is 11.8 Å². The number of hydrogen-bond donors (Lipinski definition) is 3. The molecule has 0 saturated heterocycles. The summed E-state index contributed by atoms with van der Waals surface area (Å²) in [6, 6.07) is 0.290. The van der Waals surface area contributed by atoms with Gasteiger partial charge in [-0.1, -0.05) is 6.92 Å². The number of carbonyl (C=O) groups is 1. The fourth-order valence-corrected chi connectivity index (χ4v) is 2.38. The van der Waals surface area contributed by atoms with Crippen LogP contribution in [0.1, 0.15) is 33.1 Å². The number of hydrogen-bond acceptors (Lipinski definition) is 4. The Balaban J connectivity index is 2.18. The quantitative estimate of drug-likeness (QED) is 0.582. The van der Waals surface area contributed by atoms with Gasteiger partial charge in [-0.2, -0.15) is 11.8 Å². The first-order valence-electron chi connectivity index (χ1n) is 5.85. The smallest absolute Gasteiger partial charge is 0.234 e. The van der Waals surface area contributed by atoms with Crippen LogP contribution in [0.5, 0.6) is 0 Å². The van der Waals surface area contributed by atoms with E-state index in [1.807, 2.05) is 6.92 Å². The molecule has 0 bridgehead atoms. The molecule has 1 amide bonds. The Labute approximate surface area is 101 Å². The first kappa shape index (κ1) is 13.8. The predicted molar refractivity (Wildman–Crippen MR) is 67.4 cm³/mol. The summed E-state index contributed by atoms with van der Waals surface area (Å²) in [6.07, 6.45) is 2.74. The number of carbonyl (C=O) groups excluding carboxylic acids is 1. The third-order valence-corrected chi connectivity index (χ3v) is 4.22. The molecular formula is C11H22N2O2S. The molecule has 1 rings (SSSR count). The SMILES string of the molecule is CC(O)C(C)SCCC(NC1CC1)C(N)=O. The highest BCUT2D eigenvalue weighted by Crippen LogP contribution is 2.21. The Morgan fingerprint density at radius 3 is 2.62 bits per heavy atom. The maximum absolute atomic E-state index is 11.2.